The number of anilines is 1. The van der Waals surface area contributed by atoms with Gasteiger partial charge in [-0.2, -0.15) is 10.4 Å². The number of nitrogens with zero attached hydrogens (tertiary/aromatic N) is 5. The van der Waals surface area contributed by atoms with Gasteiger partial charge in [0, 0.05) is 44.2 Å². The van der Waals surface area contributed by atoms with Crippen molar-refractivity contribution in [1.29, 1.82) is 5.26 Å². The van der Waals surface area contributed by atoms with Crippen LogP contribution in [0.1, 0.15) is 35.6 Å². The molecule has 0 saturated carbocycles. The first kappa shape index (κ1) is 27.2. The average Bonchev–Trinajstić information content (AvgIpc) is 3.42. The fraction of sp³-hybridized carbons (Fsp3) is 0.233. The molecule has 2 atom stereocenters. The molecule has 0 saturated heterocycles. The molecule has 2 aromatic carbocycles. The minimum atomic E-state index is -0.582. The quantitative estimate of drug-likeness (QED) is 0.326. The second-order valence-electron chi connectivity index (χ2n) is 9.52. The SMILES string of the molecule is C[C@H](CNC(C(=O)Nc1ccc(-c2cnn(CC(=O)N(C)C)c2)cn1)c1ccccc1)c1ccc(C#N)cc1. The Morgan fingerprint density at radius 3 is 2.36 bits per heavy atom. The van der Waals surface area contributed by atoms with Crippen molar-refractivity contribution in [1.82, 2.24) is 25.0 Å². The van der Waals surface area contributed by atoms with Gasteiger partial charge in [-0.1, -0.05) is 49.4 Å². The second kappa shape index (κ2) is 12.6. The van der Waals surface area contributed by atoms with E-state index in [0.29, 0.717) is 17.9 Å². The van der Waals surface area contributed by atoms with Gasteiger partial charge in [-0.15, -0.1) is 0 Å². The Balaban J connectivity index is 1.42. The molecule has 4 rings (SSSR count). The van der Waals surface area contributed by atoms with Crippen LogP contribution >= 0.6 is 0 Å². The summed E-state index contributed by atoms with van der Waals surface area (Å²) in [5.74, 6) is 0.294. The molecule has 2 heterocycles. The van der Waals surface area contributed by atoms with Crippen LogP contribution in [0.15, 0.2) is 85.3 Å². The standard InChI is InChI=1S/C30H31N7O2/c1-21(23-11-9-22(15-31)10-12-23)16-33-29(24-7-5-4-6-8-24)30(39)35-27-14-13-25(17-32-27)26-18-34-37(19-26)20-28(38)36(2)3/h4-14,17-19,21,29,33H,16,20H2,1-3H3,(H,32,35,39)/t21-,29?/m1/s1. The smallest absolute Gasteiger partial charge is 0.247 e. The van der Waals surface area contributed by atoms with Gasteiger partial charge in [0.05, 0.1) is 17.8 Å². The number of carbonyl (C=O) groups is 2. The molecule has 0 radical (unpaired) electrons. The number of benzene rings is 2. The summed E-state index contributed by atoms with van der Waals surface area (Å²) in [7, 11) is 3.41. The van der Waals surface area contributed by atoms with Crippen molar-refractivity contribution >= 4 is 17.6 Å². The normalized spacial score (nSPS) is 12.3. The van der Waals surface area contributed by atoms with Gasteiger partial charge < -0.3 is 15.5 Å². The maximum atomic E-state index is 13.4. The third kappa shape index (κ3) is 7.15. The molecule has 198 valence electrons. The van der Waals surface area contributed by atoms with Crippen LogP contribution in [0.25, 0.3) is 11.1 Å². The zero-order valence-electron chi connectivity index (χ0n) is 22.2. The van der Waals surface area contributed by atoms with Gasteiger partial charge >= 0.3 is 0 Å². The molecule has 0 spiro atoms. The van der Waals surface area contributed by atoms with E-state index in [-0.39, 0.29) is 24.3 Å². The van der Waals surface area contributed by atoms with Crippen LogP contribution in [0, 0.1) is 11.3 Å². The van der Waals surface area contributed by atoms with Crippen molar-refractivity contribution in [3.05, 3.63) is 102 Å². The van der Waals surface area contributed by atoms with E-state index in [1.54, 1.807) is 55.6 Å². The molecule has 1 unspecified atom stereocenters. The molecular formula is C30H31N7O2. The highest BCUT2D eigenvalue weighted by molar-refractivity contribution is 5.95. The van der Waals surface area contributed by atoms with Crippen LogP contribution in [-0.4, -0.2) is 52.1 Å². The lowest BCUT2D eigenvalue weighted by molar-refractivity contribution is -0.129. The summed E-state index contributed by atoms with van der Waals surface area (Å²) in [4.78, 5) is 31.3. The molecule has 2 N–H and O–H groups in total. The number of nitriles is 1. The Labute approximate surface area is 228 Å². The van der Waals surface area contributed by atoms with E-state index >= 15 is 0 Å². The zero-order chi connectivity index (χ0) is 27.8. The number of hydrogen-bond donors (Lipinski definition) is 2. The number of likely N-dealkylation sites (N-methyl/N-ethyl adjacent to an activating group) is 1. The molecular weight excluding hydrogens is 490 g/mol. The summed E-state index contributed by atoms with van der Waals surface area (Å²) in [6.45, 7) is 2.80. The minimum absolute atomic E-state index is 0.0475. The van der Waals surface area contributed by atoms with Crippen molar-refractivity contribution in [3.63, 3.8) is 0 Å². The van der Waals surface area contributed by atoms with Gasteiger partial charge in [0.1, 0.15) is 18.4 Å². The third-order valence-corrected chi connectivity index (χ3v) is 6.41. The Hall–Kier alpha value is -4.81. The van der Waals surface area contributed by atoms with Crippen molar-refractivity contribution in [3.8, 4) is 17.2 Å². The van der Waals surface area contributed by atoms with Gasteiger partial charge in [-0.25, -0.2) is 4.98 Å². The van der Waals surface area contributed by atoms with Crippen LogP contribution in [0.5, 0.6) is 0 Å². The molecule has 0 bridgehead atoms. The lowest BCUT2D eigenvalue weighted by atomic mass is 9.98. The lowest BCUT2D eigenvalue weighted by Crippen LogP contribution is -2.35. The van der Waals surface area contributed by atoms with E-state index in [0.717, 1.165) is 22.3 Å². The maximum absolute atomic E-state index is 13.4. The van der Waals surface area contributed by atoms with Crippen LogP contribution in [0.3, 0.4) is 0 Å². The Bertz CT molecular complexity index is 1440. The van der Waals surface area contributed by atoms with E-state index in [1.165, 1.54) is 4.90 Å². The molecule has 39 heavy (non-hydrogen) atoms. The Morgan fingerprint density at radius 2 is 1.72 bits per heavy atom. The number of carbonyl (C=O) groups excluding carboxylic acids is 2. The summed E-state index contributed by atoms with van der Waals surface area (Å²) >= 11 is 0. The van der Waals surface area contributed by atoms with Gasteiger partial charge in [-0.05, 0) is 41.3 Å². The van der Waals surface area contributed by atoms with Crippen molar-refractivity contribution in [2.24, 2.45) is 0 Å². The molecule has 4 aromatic rings. The fourth-order valence-electron chi connectivity index (χ4n) is 4.02. The van der Waals surface area contributed by atoms with Crippen LogP contribution in [0.2, 0.25) is 0 Å². The van der Waals surface area contributed by atoms with Gasteiger partial charge in [-0.3, -0.25) is 14.3 Å². The van der Waals surface area contributed by atoms with Crippen molar-refractivity contribution in [2.45, 2.75) is 25.4 Å². The van der Waals surface area contributed by atoms with E-state index in [1.807, 2.05) is 48.5 Å². The number of hydrogen-bond acceptors (Lipinski definition) is 6. The highest BCUT2D eigenvalue weighted by atomic mass is 16.2. The zero-order valence-corrected chi connectivity index (χ0v) is 22.2. The van der Waals surface area contributed by atoms with Crippen molar-refractivity contribution in [2.75, 3.05) is 26.0 Å². The fourth-order valence-corrected chi connectivity index (χ4v) is 4.02. The predicted octanol–water partition coefficient (Wildman–Crippen LogP) is 3.98. The van der Waals surface area contributed by atoms with E-state index < -0.39 is 6.04 Å². The highest BCUT2D eigenvalue weighted by Crippen LogP contribution is 2.22. The van der Waals surface area contributed by atoms with Gasteiger partial charge in [0.15, 0.2) is 0 Å². The first-order valence-electron chi connectivity index (χ1n) is 12.6. The number of nitrogens with one attached hydrogen (secondary N) is 2. The lowest BCUT2D eigenvalue weighted by Gasteiger charge is -2.21. The summed E-state index contributed by atoms with van der Waals surface area (Å²) in [5.41, 5.74) is 4.20. The largest absolute Gasteiger partial charge is 0.347 e. The monoisotopic (exact) mass is 521 g/mol. The third-order valence-electron chi connectivity index (χ3n) is 6.41. The predicted molar refractivity (Wildman–Crippen MR) is 150 cm³/mol. The maximum Gasteiger partial charge on any atom is 0.247 e. The van der Waals surface area contributed by atoms with Gasteiger partial charge in [0.2, 0.25) is 11.8 Å². The van der Waals surface area contributed by atoms with Crippen LogP contribution in [0.4, 0.5) is 5.82 Å². The molecule has 0 fully saturated rings. The Kier molecular flexibility index (Phi) is 8.82. The molecule has 9 nitrogen and oxygen atoms in total. The summed E-state index contributed by atoms with van der Waals surface area (Å²) in [6, 6.07) is 22.2. The second-order valence-corrected chi connectivity index (χ2v) is 9.52. The van der Waals surface area contributed by atoms with Crippen LogP contribution < -0.4 is 10.6 Å². The molecule has 2 aromatic heterocycles. The van der Waals surface area contributed by atoms with E-state index in [2.05, 4.69) is 33.7 Å². The molecule has 0 aliphatic rings. The van der Waals surface area contributed by atoms with Crippen LogP contribution in [-0.2, 0) is 16.1 Å². The topological polar surface area (TPSA) is 116 Å². The highest BCUT2D eigenvalue weighted by Gasteiger charge is 2.22. The summed E-state index contributed by atoms with van der Waals surface area (Å²) in [5, 5.41) is 19.6. The number of pyridine rings is 1. The minimum Gasteiger partial charge on any atom is -0.347 e. The Morgan fingerprint density at radius 1 is 0.974 bits per heavy atom. The summed E-state index contributed by atoms with van der Waals surface area (Å²) < 4.78 is 1.59. The average molecular weight is 522 g/mol. The number of aromatic nitrogens is 3. The first-order chi connectivity index (χ1) is 18.8. The number of rotatable bonds is 10. The molecule has 9 heteroatoms. The molecule has 0 aliphatic carbocycles. The van der Waals surface area contributed by atoms with E-state index in [9.17, 15) is 9.59 Å². The summed E-state index contributed by atoms with van der Waals surface area (Å²) in [6.07, 6.45) is 5.15. The first-order valence-corrected chi connectivity index (χ1v) is 12.6. The van der Waals surface area contributed by atoms with Gasteiger partial charge in [0.25, 0.3) is 0 Å². The molecule has 2 amide bonds. The molecule has 0 aliphatic heterocycles. The van der Waals surface area contributed by atoms with E-state index in [4.69, 9.17) is 5.26 Å². The van der Waals surface area contributed by atoms with Crippen molar-refractivity contribution < 1.29 is 9.59 Å². The number of amides is 2.